The van der Waals surface area contributed by atoms with Crippen molar-refractivity contribution in [1.82, 2.24) is 15.3 Å². The molecule has 1 aromatic heterocycles. The Balaban J connectivity index is 2.13. The molecule has 0 amide bonds. The fraction of sp³-hybridized carbons (Fsp3) is 0.417. The lowest BCUT2D eigenvalue weighted by molar-refractivity contribution is -0.133. The van der Waals surface area contributed by atoms with Gasteiger partial charge in [0, 0.05) is 32.1 Å². The Kier molecular flexibility index (Phi) is 4.10. The zero-order valence-corrected chi connectivity index (χ0v) is 10.1. The lowest BCUT2D eigenvalue weighted by Gasteiger charge is -2.27. The molecule has 18 heavy (non-hydrogen) atoms. The molecule has 0 radical (unpaired) electrons. The van der Waals surface area contributed by atoms with Gasteiger partial charge in [-0.05, 0) is 5.92 Å². The maximum absolute atomic E-state index is 10.9. The Labute approximate surface area is 105 Å². The minimum atomic E-state index is -0.579. The van der Waals surface area contributed by atoms with Gasteiger partial charge in [-0.15, -0.1) is 0 Å². The van der Waals surface area contributed by atoms with Crippen molar-refractivity contribution in [1.29, 1.82) is 0 Å². The van der Waals surface area contributed by atoms with Crippen molar-refractivity contribution in [2.45, 2.75) is 0 Å². The van der Waals surface area contributed by atoms with Gasteiger partial charge in [0.05, 0.1) is 19.5 Å². The third kappa shape index (κ3) is 3.18. The first-order valence-corrected chi connectivity index (χ1v) is 5.67. The number of piperazine rings is 1. The van der Waals surface area contributed by atoms with Gasteiger partial charge in [-0.1, -0.05) is 0 Å². The van der Waals surface area contributed by atoms with Crippen LogP contribution in [0, 0.1) is 11.8 Å². The van der Waals surface area contributed by atoms with Gasteiger partial charge in [-0.25, -0.2) is 9.78 Å². The minimum absolute atomic E-state index is 0.469. The van der Waals surface area contributed by atoms with Crippen LogP contribution in [0.2, 0.25) is 0 Å². The molecule has 0 saturated carbocycles. The van der Waals surface area contributed by atoms with E-state index in [4.69, 9.17) is 0 Å². The Bertz CT molecular complexity index is 486. The number of ether oxygens (including phenoxy) is 1. The van der Waals surface area contributed by atoms with Crippen LogP contribution in [0.5, 0.6) is 0 Å². The third-order valence-corrected chi connectivity index (χ3v) is 2.54. The highest BCUT2D eigenvalue weighted by Crippen LogP contribution is 2.09. The van der Waals surface area contributed by atoms with Crippen molar-refractivity contribution in [3.63, 3.8) is 0 Å². The largest absolute Gasteiger partial charge is 0.459 e. The number of carbonyl (C=O) groups is 1. The van der Waals surface area contributed by atoms with Crippen molar-refractivity contribution in [3.05, 3.63) is 18.1 Å². The summed E-state index contributed by atoms with van der Waals surface area (Å²) >= 11 is 0. The van der Waals surface area contributed by atoms with E-state index in [-0.39, 0.29) is 0 Å². The summed E-state index contributed by atoms with van der Waals surface area (Å²) in [5, 5.41) is 3.27. The molecule has 2 heterocycles. The summed E-state index contributed by atoms with van der Waals surface area (Å²) in [6, 6.07) is 0. The minimum Gasteiger partial charge on any atom is -0.459 e. The normalized spacial score (nSPS) is 14.6. The molecular formula is C12H14N4O2. The zero-order chi connectivity index (χ0) is 12.8. The number of anilines is 1. The summed E-state index contributed by atoms with van der Waals surface area (Å²) in [5.41, 5.74) is 0.469. The molecule has 1 aliphatic heterocycles. The highest BCUT2D eigenvalue weighted by atomic mass is 16.5. The molecule has 6 nitrogen and oxygen atoms in total. The molecule has 0 spiro atoms. The molecule has 1 fully saturated rings. The van der Waals surface area contributed by atoms with Crippen molar-refractivity contribution < 1.29 is 9.53 Å². The Morgan fingerprint density at radius 1 is 1.44 bits per heavy atom. The van der Waals surface area contributed by atoms with E-state index < -0.39 is 5.97 Å². The van der Waals surface area contributed by atoms with Crippen molar-refractivity contribution in [2.24, 2.45) is 0 Å². The first-order valence-electron chi connectivity index (χ1n) is 5.67. The van der Waals surface area contributed by atoms with Gasteiger partial charge in [-0.3, -0.25) is 4.98 Å². The summed E-state index contributed by atoms with van der Waals surface area (Å²) < 4.78 is 4.44. The van der Waals surface area contributed by atoms with E-state index in [1.807, 2.05) is 0 Å². The van der Waals surface area contributed by atoms with Crippen LogP contribution in [0.3, 0.4) is 0 Å². The van der Waals surface area contributed by atoms with Gasteiger partial charge < -0.3 is 15.0 Å². The van der Waals surface area contributed by atoms with Crippen LogP contribution in [0.4, 0.5) is 5.82 Å². The van der Waals surface area contributed by atoms with Crippen LogP contribution in [-0.4, -0.2) is 49.2 Å². The maximum atomic E-state index is 10.9. The van der Waals surface area contributed by atoms with Gasteiger partial charge in [0.15, 0.2) is 0 Å². The summed E-state index contributed by atoms with van der Waals surface area (Å²) in [6.45, 7) is 3.64. The lowest BCUT2D eigenvalue weighted by atomic mass is 10.3. The summed E-state index contributed by atoms with van der Waals surface area (Å²) in [5.74, 6) is 5.17. The third-order valence-electron chi connectivity index (χ3n) is 2.54. The van der Waals surface area contributed by atoms with Gasteiger partial charge >= 0.3 is 5.97 Å². The first kappa shape index (κ1) is 12.3. The van der Waals surface area contributed by atoms with Crippen LogP contribution in [0.25, 0.3) is 0 Å². The number of aromatic nitrogens is 2. The SMILES string of the molecule is COC(=O)C#Cc1cncc(N2CCNCC2)n1. The van der Waals surface area contributed by atoms with Crippen molar-refractivity contribution >= 4 is 11.8 Å². The molecule has 0 unspecified atom stereocenters. The average Bonchev–Trinajstić information content (AvgIpc) is 2.46. The van der Waals surface area contributed by atoms with Gasteiger partial charge in [0.25, 0.3) is 0 Å². The number of nitrogens with zero attached hydrogens (tertiary/aromatic N) is 3. The molecule has 2 rings (SSSR count). The smallest absolute Gasteiger partial charge is 0.384 e. The molecule has 0 bridgehead atoms. The highest BCUT2D eigenvalue weighted by molar-refractivity contribution is 5.88. The number of hydrogen-bond donors (Lipinski definition) is 1. The van der Waals surface area contributed by atoms with Crippen molar-refractivity contribution in [3.8, 4) is 11.8 Å². The first-order chi connectivity index (χ1) is 8.79. The molecule has 1 aliphatic rings. The molecule has 1 N–H and O–H groups in total. The zero-order valence-electron chi connectivity index (χ0n) is 10.1. The summed E-state index contributed by atoms with van der Waals surface area (Å²) in [7, 11) is 1.29. The molecular weight excluding hydrogens is 232 g/mol. The monoisotopic (exact) mass is 246 g/mol. The fourth-order valence-electron chi connectivity index (χ4n) is 1.63. The molecule has 0 aromatic carbocycles. The van der Waals surface area contributed by atoms with Gasteiger partial charge in [0.1, 0.15) is 11.5 Å². The number of rotatable bonds is 1. The fourth-order valence-corrected chi connectivity index (χ4v) is 1.63. The highest BCUT2D eigenvalue weighted by Gasteiger charge is 2.11. The Morgan fingerprint density at radius 2 is 2.22 bits per heavy atom. The number of esters is 1. The van der Waals surface area contributed by atoms with E-state index in [0.29, 0.717) is 5.69 Å². The molecule has 1 aromatic rings. The average molecular weight is 246 g/mol. The molecule has 1 saturated heterocycles. The maximum Gasteiger partial charge on any atom is 0.384 e. The number of carbonyl (C=O) groups excluding carboxylic acids is 1. The second-order valence-corrected chi connectivity index (χ2v) is 3.74. The van der Waals surface area contributed by atoms with Gasteiger partial charge in [0.2, 0.25) is 0 Å². The quantitative estimate of drug-likeness (QED) is 0.528. The second kappa shape index (κ2) is 5.98. The molecule has 6 heteroatoms. The molecule has 0 atom stereocenters. The van der Waals surface area contributed by atoms with E-state index in [0.717, 1.165) is 32.0 Å². The predicted octanol–water partition coefficient (Wildman–Crippen LogP) is -0.589. The lowest BCUT2D eigenvalue weighted by Crippen LogP contribution is -2.44. The molecule has 94 valence electrons. The van der Waals surface area contributed by atoms with Crippen LogP contribution in [0.15, 0.2) is 12.4 Å². The summed E-state index contributed by atoms with van der Waals surface area (Å²) in [6.07, 6.45) is 3.23. The van der Waals surface area contributed by atoms with Crippen molar-refractivity contribution in [2.75, 3.05) is 38.2 Å². The predicted molar refractivity (Wildman–Crippen MR) is 66.0 cm³/mol. The number of nitrogens with one attached hydrogen (secondary N) is 1. The van der Waals surface area contributed by atoms with Crippen LogP contribution >= 0.6 is 0 Å². The van der Waals surface area contributed by atoms with Crippen LogP contribution in [-0.2, 0) is 9.53 Å². The Hall–Kier alpha value is -2.13. The summed E-state index contributed by atoms with van der Waals surface area (Å²) in [4.78, 5) is 21.5. The standard InChI is InChI=1S/C12H14N4O2/c1-18-12(17)3-2-10-8-14-9-11(15-10)16-6-4-13-5-7-16/h8-9,13H,4-7H2,1H3. The second-order valence-electron chi connectivity index (χ2n) is 3.74. The topological polar surface area (TPSA) is 67.3 Å². The Morgan fingerprint density at radius 3 is 2.94 bits per heavy atom. The van der Waals surface area contributed by atoms with E-state index >= 15 is 0 Å². The van der Waals surface area contributed by atoms with E-state index in [1.165, 1.54) is 13.3 Å². The molecule has 0 aliphatic carbocycles. The van der Waals surface area contributed by atoms with Crippen LogP contribution < -0.4 is 10.2 Å². The number of methoxy groups -OCH3 is 1. The number of hydrogen-bond acceptors (Lipinski definition) is 6. The van der Waals surface area contributed by atoms with Crippen LogP contribution in [0.1, 0.15) is 5.69 Å². The van der Waals surface area contributed by atoms with Gasteiger partial charge in [-0.2, -0.15) is 0 Å². The van der Waals surface area contributed by atoms with E-state index in [9.17, 15) is 4.79 Å². The van der Waals surface area contributed by atoms with E-state index in [2.05, 4.69) is 36.8 Å². The van der Waals surface area contributed by atoms with E-state index in [1.54, 1.807) is 6.20 Å².